The fraction of sp³-hybridized carbons (Fsp3) is 0.346. The molecule has 2 unspecified atom stereocenters. The van der Waals surface area contributed by atoms with Crippen molar-refractivity contribution in [3.63, 3.8) is 0 Å². The minimum atomic E-state index is -4.40. The van der Waals surface area contributed by atoms with Gasteiger partial charge in [0.1, 0.15) is 0 Å². The first kappa shape index (κ1) is 22.2. The summed E-state index contributed by atoms with van der Waals surface area (Å²) in [4.78, 5) is 13.2. The highest BCUT2D eigenvalue weighted by Crippen LogP contribution is 2.40. The summed E-state index contributed by atoms with van der Waals surface area (Å²) in [6.07, 6.45) is -1.72. The van der Waals surface area contributed by atoms with E-state index in [0.717, 1.165) is 29.9 Å². The van der Waals surface area contributed by atoms with Crippen molar-refractivity contribution in [2.45, 2.75) is 51.2 Å². The second kappa shape index (κ2) is 8.15. The average molecular weight is 441 g/mol. The molecule has 0 fully saturated rings. The number of fused-ring (bicyclic) bond motifs is 1. The van der Waals surface area contributed by atoms with Crippen molar-refractivity contribution in [2.24, 2.45) is 5.92 Å². The van der Waals surface area contributed by atoms with Gasteiger partial charge in [0.15, 0.2) is 0 Å². The zero-order valence-electron chi connectivity index (χ0n) is 18.4. The van der Waals surface area contributed by atoms with E-state index in [4.69, 9.17) is 0 Å². The van der Waals surface area contributed by atoms with Crippen LogP contribution >= 0.6 is 0 Å². The lowest BCUT2D eigenvalue weighted by Gasteiger charge is -2.33. The van der Waals surface area contributed by atoms with E-state index in [9.17, 15) is 18.0 Å². The maximum absolute atomic E-state index is 13.2. The molecule has 2 aromatic carbocycles. The summed E-state index contributed by atoms with van der Waals surface area (Å²) in [5, 5.41) is 2.83. The standard InChI is InChI=1S/C26H27F3N2O/c1-25(2,3)18-8-6-17(7-9-18)23-21(14-16-31-15-4-5-22(23)31)24(32)30-20-12-10-19(11-13-20)26(27,28)29/h4-13,15,21,23H,14,16H2,1-3H3,(H,30,32). The number of aryl methyl sites for hydroxylation is 1. The van der Waals surface area contributed by atoms with Crippen LogP contribution < -0.4 is 5.32 Å². The lowest BCUT2D eigenvalue weighted by molar-refractivity contribution is -0.137. The van der Waals surface area contributed by atoms with Gasteiger partial charge in [-0.3, -0.25) is 4.79 Å². The second-order valence-corrected chi connectivity index (χ2v) is 9.44. The normalized spacial score (nSPS) is 18.8. The Balaban J connectivity index is 1.61. The number of amides is 1. The molecule has 1 amide bonds. The van der Waals surface area contributed by atoms with Gasteiger partial charge in [0.25, 0.3) is 0 Å². The predicted molar refractivity (Wildman–Crippen MR) is 120 cm³/mol. The fourth-order valence-corrected chi connectivity index (χ4v) is 4.42. The van der Waals surface area contributed by atoms with Crippen LogP contribution in [-0.4, -0.2) is 10.5 Å². The Kier molecular flexibility index (Phi) is 5.65. The van der Waals surface area contributed by atoms with Crippen molar-refractivity contribution in [2.75, 3.05) is 5.32 Å². The molecule has 3 aromatic rings. The Hall–Kier alpha value is -3.02. The summed E-state index contributed by atoms with van der Waals surface area (Å²) in [7, 11) is 0. The van der Waals surface area contributed by atoms with E-state index < -0.39 is 11.7 Å². The number of rotatable bonds is 3. The van der Waals surface area contributed by atoms with Crippen molar-refractivity contribution >= 4 is 11.6 Å². The summed E-state index contributed by atoms with van der Waals surface area (Å²) in [5.41, 5.74) is 3.02. The number of alkyl halides is 3. The Morgan fingerprint density at radius 1 is 0.938 bits per heavy atom. The highest BCUT2D eigenvalue weighted by atomic mass is 19.4. The van der Waals surface area contributed by atoms with Gasteiger partial charge in [0.2, 0.25) is 5.91 Å². The lowest BCUT2D eigenvalue weighted by atomic mass is 9.77. The van der Waals surface area contributed by atoms with Gasteiger partial charge in [-0.1, -0.05) is 45.0 Å². The molecule has 0 radical (unpaired) electrons. The van der Waals surface area contributed by atoms with Crippen molar-refractivity contribution in [1.29, 1.82) is 0 Å². The Morgan fingerprint density at radius 3 is 2.16 bits per heavy atom. The molecule has 6 heteroatoms. The number of hydrogen-bond donors (Lipinski definition) is 1. The third-order valence-electron chi connectivity index (χ3n) is 6.22. The zero-order chi connectivity index (χ0) is 23.1. The monoisotopic (exact) mass is 440 g/mol. The van der Waals surface area contributed by atoms with Crippen LogP contribution in [0.3, 0.4) is 0 Å². The van der Waals surface area contributed by atoms with Gasteiger partial charge < -0.3 is 9.88 Å². The second-order valence-electron chi connectivity index (χ2n) is 9.44. The molecule has 1 N–H and O–H groups in total. The smallest absolute Gasteiger partial charge is 0.351 e. The molecule has 3 nitrogen and oxygen atoms in total. The molecule has 2 atom stereocenters. The van der Waals surface area contributed by atoms with E-state index in [1.165, 1.54) is 17.7 Å². The van der Waals surface area contributed by atoms with Crippen LogP contribution in [-0.2, 0) is 22.9 Å². The summed E-state index contributed by atoms with van der Waals surface area (Å²) in [6, 6.07) is 17.0. The van der Waals surface area contributed by atoms with Gasteiger partial charge >= 0.3 is 6.18 Å². The van der Waals surface area contributed by atoms with Crippen LogP contribution in [0, 0.1) is 5.92 Å². The van der Waals surface area contributed by atoms with Crippen LogP contribution in [0.25, 0.3) is 0 Å². The molecule has 2 heterocycles. The number of carbonyl (C=O) groups excluding carboxylic acids is 1. The number of carbonyl (C=O) groups is 1. The van der Waals surface area contributed by atoms with E-state index in [1.54, 1.807) is 0 Å². The van der Waals surface area contributed by atoms with Gasteiger partial charge in [0, 0.05) is 30.0 Å². The molecule has 168 valence electrons. The van der Waals surface area contributed by atoms with Crippen LogP contribution in [0.2, 0.25) is 0 Å². The van der Waals surface area contributed by atoms with Crippen LogP contribution in [0.5, 0.6) is 0 Å². The predicted octanol–water partition coefficient (Wildman–Crippen LogP) is 6.59. The van der Waals surface area contributed by atoms with E-state index >= 15 is 0 Å². The number of aromatic nitrogens is 1. The van der Waals surface area contributed by atoms with Gasteiger partial charge in [-0.15, -0.1) is 0 Å². The van der Waals surface area contributed by atoms with Gasteiger partial charge in [-0.25, -0.2) is 0 Å². The van der Waals surface area contributed by atoms with Crippen molar-refractivity contribution < 1.29 is 18.0 Å². The molecule has 1 aliphatic heterocycles. The summed E-state index contributed by atoms with van der Waals surface area (Å²) in [5.74, 6) is -0.621. The fourth-order valence-electron chi connectivity index (χ4n) is 4.42. The summed E-state index contributed by atoms with van der Waals surface area (Å²) < 4.78 is 40.7. The number of anilines is 1. The largest absolute Gasteiger partial charge is 0.416 e. The van der Waals surface area contributed by atoms with Crippen molar-refractivity contribution in [1.82, 2.24) is 4.57 Å². The molecular formula is C26H27F3N2O. The zero-order valence-corrected chi connectivity index (χ0v) is 18.4. The summed E-state index contributed by atoms with van der Waals surface area (Å²) >= 11 is 0. The minimum absolute atomic E-state index is 0.0324. The molecule has 0 saturated heterocycles. The SMILES string of the molecule is CC(C)(C)c1ccc(C2c3cccn3CCC2C(=O)Nc2ccc(C(F)(F)F)cc2)cc1. The first-order chi connectivity index (χ1) is 15.0. The van der Waals surface area contributed by atoms with E-state index in [1.807, 2.05) is 18.3 Å². The average Bonchev–Trinajstić information content (AvgIpc) is 3.21. The molecule has 1 aliphatic rings. The quantitative estimate of drug-likeness (QED) is 0.489. The number of nitrogens with one attached hydrogen (secondary N) is 1. The topological polar surface area (TPSA) is 34.0 Å². The highest BCUT2D eigenvalue weighted by molar-refractivity contribution is 5.93. The molecular weight excluding hydrogens is 413 g/mol. The number of benzene rings is 2. The third-order valence-corrected chi connectivity index (χ3v) is 6.22. The number of halogens is 3. The Morgan fingerprint density at radius 2 is 1.56 bits per heavy atom. The van der Waals surface area contributed by atoms with Gasteiger partial charge in [-0.05, 0) is 59.4 Å². The maximum atomic E-state index is 13.2. The van der Waals surface area contributed by atoms with Gasteiger partial charge in [-0.2, -0.15) is 13.2 Å². The van der Waals surface area contributed by atoms with Crippen LogP contribution in [0.15, 0.2) is 66.9 Å². The van der Waals surface area contributed by atoms with E-state index in [0.29, 0.717) is 12.1 Å². The molecule has 4 rings (SSSR count). The van der Waals surface area contributed by atoms with Crippen molar-refractivity contribution in [3.8, 4) is 0 Å². The molecule has 0 saturated carbocycles. The molecule has 0 bridgehead atoms. The molecule has 0 aliphatic carbocycles. The van der Waals surface area contributed by atoms with Crippen LogP contribution in [0.4, 0.5) is 18.9 Å². The minimum Gasteiger partial charge on any atom is -0.351 e. The van der Waals surface area contributed by atoms with Crippen molar-refractivity contribution in [3.05, 3.63) is 89.2 Å². The van der Waals surface area contributed by atoms with Crippen LogP contribution in [0.1, 0.15) is 55.5 Å². The Labute approximate surface area is 186 Å². The summed E-state index contributed by atoms with van der Waals surface area (Å²) in [6.45, 7) is 7.21. The number of hydrogen-bond acceptors (Lipinski definition) is 1. The first-order valence-corrected chi connectivity index (χ1v) is 10.8. The molecule has 0 spiro atoms. The maximum Gasteiger partial charge on any atom is 0.416 e. The first-order valence-electron chi connectivity index (χ1n) is 10.8. The molecule has 32 heavy (non-hydrogen) atoms. The lowest BCUT2D eigenvalue weighted by Crippen LogP contribution is -2.34. The third kappa shape index (κ3) is 4.45. The van der Waals surface area contributed by atoms with E-state index in [-0.39, 0.29) is 23.2 Å². The Bertz CT molecular complexity index is 1090. The van der Waals surface area contributed by atoms with E-state index in [2.05, 4.69) is 54.9 Å². The van der Waals surface area contributed by atoms with Gasteiger partial charge in [0.05, 0.1) is 11.5 Å². The molecule has 1 aromatic heterocycles. The number of nitrogens with zero attached hydrogens (tertiary/aromatic N) is 1. The highest BCUT2D eigenvalue weighted by Gasteiger charge is 2.36.